The molecular weight excluding hydrogens is 479 g/mol. The molecule has 0 unspecified atom stereocenters. The molecule has 36 heavy (non-hydrogen) atoms. The molecule has 0 saturated carbocycles. The predicted octanol–water partition coefficient (Wildman–Crippen LogP) is 5.18. The number of nitrogens with zero attached hydrogens (tertiary/aromatic N) is 1. The summed E-state index contributed by atoms with van der Waals surface area (Å²) in [5, 5.41) is 2.94. The maximum Gasteiger partial charge on any atom is 0.264 e. The molecule has 3 aromatic rings. The number of nitrogens with one attached hydrogen (secondary N) is 1. The zero-order valence-electron chi connectivity index (χ0n) is 20.5. The topological polar surface area (TPSA) is 75.7 Å². The number of hydrogen-bond acceptors (Lipinski definition) is 4. The van der Waals surface area contributed by atoms with Crippen LogP contribution in [0.25, 0.3) is 0 Å². The van der Waals surface area contributed by atoms with Gasteiger partial charge in [0.15, 0.2) is 0 Å². The van der Waals surface area contributed by atoms with E-state index >= 15 is 0 Å². The molecule has 0 radical (unpaired) electrons. The highest BCUT2D eigenvalue weighted by Gasteiger charge is 2.28. The van der Waals surface area contributed by atoms with Gasteiger partial charge in [0.05, 0.1) is 23.2 Å². The van der Waals surface area contributed by atoms with Crippen LogP contribution in [-0.2, 0) is 27.7 Å². The lowest BCUT2D eigenvalue weighted by Crippen LogP contribution is -2.41. The van der Waals surface area contributed by atoms with Gasteiger partial charge in [-0.05, 0) is 105 Å². The van der Waals surface area contributed by atoms with Crippen molar-refractivity contribution in [1.82, 2.24) is 5.32 Å². The van der Waals surface area contributed by atoms with E-state index in [0.717, 1.165) is 41.3 Å². The minimum Gasteiger partial charge on any atom is -0.494 e. The Kier molecular flexibility index (Phi) is 7.94. The van der Waals surface area contributed by atoms with E-state index < -0.39 is 28.3 Å². The number of carbonyl (C=O) groups is 1. The Bertz CT molecular complexity index is 1310. The van der Waals surface area contributed by atoms with E-state index in [1.165, 1.54) is 29.7 Å². The number of sulfonamides is 1. The van der Waals surface area contributed by atoms with Crippen LogP contribution in [0.15, 0.2) is 71.6 Å². The largest absolute Gasteiger partial charge is 0.494 e. The molecule has 0 heterocycles. The molecule has 4 rings (SSSR count). The molecular formula is C28H31FN2O4S. The van der Waals surface area contributed by atoms with Gasteiger partial charge in [0.25, 0.3) is 10.0 Å². The Morgan fingerprint density at radius 1 is 1.00 bits per heavy atom. The third-order valence-electron chi connectivity index (χ3n) is 6.37. The second kappa shape index (κ2) is 11.1. The van der Waals surface area contributed by atoms with Gasteiger partial charge in [-0.25, -0.2) is 12.8 Å². The van der Waals surface area contributed by atoms with Gasteiger partial charge in [0.2, 0.25) is 5.91 Å². The standard InChI is InChI=1S/C28H31FN2O4S/c1-3-35-26-14-12-25(13-15-26)31(36(33,34)27-16-10-24(29)11-17-27)19-28(32)30-20(2)22-9-8-21-6-4-5-7-23(21)18-22/h8-18,20H,3-7,19H2,1-2H3,(H,30,32)/t20-/m1/s1. The van der Waals surface area contributed by atoms with Crippen LogP contribution in [0.4, 0.5) is 10.1 Å². The molecule has 8 heteroatoms. The van der Waals surface area contributed by atoms with Gasteiger partial charge in [0, 0.05) is 0 Å². The zero-order valence-corrected chi connectivity index (χ0v) is 21.4. The molecule has 1 aliphatic carbocycles. The van der Waals surface area contributed by atoms with Crippen molar-refractivity contribution in [1.29, 1.82) is 0 Å². The number of hydrogen-bond donors (Lipinski definition) is 1. The van der Waals surface area contributed by atoms with Crippen LogP contribution in [0, 0.1) is 5.82 Å². The quantitative estimate of drug-likeness (QED) is 0.431. The monoisotopic (exact) mass is 510 g/mol. The summed E-state index contributed by atoms with van der Waals surface area (Å²) in [5.74, 6) is -0.399. The second-order valence-electron chi connectivity index (χ2n) is 8.92. The summed E-state index contributed by atoms with van der Waals surface area (Å²) in [6.07, 6.45) is 4.47. The number of aryl methyl sites for hydroxylation is 2. The number of benzene rings is 3. The summed E-state index contributed by atoms with van der Waals surface area (Å²) in [5.41, 5.74) is 3.96. The van der Waals surface area contributed by atoms with Crippen molar-refractivity contribution in [2.75, 3.05) is 17.5 Å². The highest BCUT2D eigenvalue weighted by Crippen LogP contribution is 2.27. The van der Waals surface area contributed by atoms with E-state index in [-0.39, 0.29) is 10.9 Å². The van der Waals surface area contributed by atoms with Crippen LogP contribution in [-0.4, -0.2) is 27.5 Å². The molecule has 0 bridgehead atoms. The van der Waals surface area contributed by atoms with Gasteiger partial charge in [-0.15, -0.1) is 0 Å². The minimum atomic E-state index is -4.14. The minimum absolute atomic E-state index is 0.103. The fraction of sp³-hybridized carbons (Fsp3) is 0.321. The van der Waals surface area contributed by atoms with Crippen molar-refractivity contribution in [3.05, 3.63) is 89.2 Å². The average molecular weight is 511 g/mol. The van der Waals surface area contributed by atoms with Crippen molar-refractivity contribution in [3.63, 3.8) is 0 Å². The summed E-state index contributed by atoms with van der Waals surface area (Å²) in [6.45, 7) is 3.79. The molecule has 1 N–H and O–H groups in total. The number of anilines is 1. The summed E-state index contributed by atoms with van der Waals surface area (Å²) in [6, 6.07) is 17.0. The molecule has 0 aliphatic heterocycles. The number of ether oxygens (including phenoxy) is 1. The SMILES string of the molecule is CCOc1ccc(N(CC(=O)N[C@H](C)c2ccc3c(c2)CCCC3)S(=O)(=O)c2ccc(F)cc2)cc1. The highest BCUT2D eigenvalue weighted by molar-refractivity contribution is 7.92. The van der Waals surface area contributed by atoms with Crippen LogP contribution >= 0.6 is 0 Å². The van der Waals surface area contributed by atoms with Crippen LogP contribution < -0.4 is 14.4 Å². The first kappa shape index (κ1) is 25.7. The lowest BCUT2D eigenvalue weighted by atomic mass is 9.89. The lowest BCUT2D eigenvalue weighted by Gasteiger charge is -2.25. The first-order chi connectivity index (χ1) is 17.3. The first-order valence-electron chi connectivity index (χ1n) is 12.2. The fourth-order valence-corrected chi connectivity index (χ4v) is 5.87. The summed E-state index contributed by atoms with van der Waals surface area (Å²) < 4.78 is 46.9. The van der Waals surface area contributed by atoms with Gasteiger partial charge >= 0.3 is 0 Å². The second-order valence-corrected chi connectivity index (χ2v) is 10.8. The molecule has 1 aliphatic rings. The molecule has 0 saturated heterocycles. The predicted molar refractivity (Wildman–Crippen MR) is 138 cm³/mol. The van der Waals surface area contributed by atoms with Crippen LogP contribution in [0.1, 0.15) is 49.4 Å². The highest BCUT2D eigenvalue weighted by atomic mass is 32.2. The Morgan fingerprint density at radius 2 is 1.67 bits per heavy atom. The van der Waals surface area contributed by atoms with Crippen molar-refractivity contribution in [3.8, 4) is 5.75 Å². The first-order valence-corrected chi connectivity index (χ1v) is 13.6. The molecule has 0 spiro atoms. The van der Waals surface area contributed by atoms with Crippen molar-refractivity contribution < 1.29 is 22.3 Å². The molecule has 6 nitrogen and oxygen atoms in total. The maximum atomic E-state index is 13.5. The van der Waals surface area contributed by atoms with E-state index in [1.807, 2.05) is 19.9 Å². The molecule has 190 valence electrons. The Hall–Kier alpha value is -3.39. The van der Waals surface area contributed by atoms with Crippen LogP contribution in [0.3, 0.4) is 0 Å². The molecule has 0 aromatic heterocycles. The molecule has 1 atom stereocenters. The summed E-state index contributed by atoms with van der Waals surface area (Å²) >= 11 is 0. The van der Waals surface area contributed by atoms with Gasteiger partial charge < -0.3 is 10.1 Å². The van der Waals surface area contributed by atoms with E-state index in [0.29, 0.717) is 18.0 Å². The molecule has 0 fully saturated rings. The van der Waals surface area contributed by atoms with Crippen molar-refractivity contribution in [2.24, 2.45) is 0 Å². The Labute approximate surface area is 212 Å². The number of carbonyl (C=O) groups excluding carboxylic acids is 1. The third-order valence-corrected chi connectivity index (χ3v) is 8.16. The van der Waals surface area contributed by atoms with Gasteiger partial charge in [-0.3, -0.25) is 9.10 Å². The molecule has 3 aromatic carbocycles. The third kappa shape index (κ3) is 5.87. The summed E-state index contributed by atoms with van der Waals surface area (Å²) in [4.78, 5) is 13.0. The zero-order chi connectivity index (χ0) is 25.7. The van der Waals surface area contributed by atoms with Crippen molar-refractivity contribution >= 4 is 21.6 Å². The Morgan fingerprint density at radius 3 is 2.33 bits per heavy atom. The maximum absolute atomic E-state index is 13.5. The van der Waals surface area contributed by atoms with Crippen LogP contribution in [0.5, 0.6) is 5.75 Å². The van der Waals surface area contributed by atoms with E-state index in [4.69, 9.17) is 4.74 Å². The lowest BCUT2D eigenvalue weighted by molar-refractivity contribution is -0.120. The van der Waals surface area contributed by atoms with E-state index in [9.17, 15) is 17.6 Å². The molecule has 1 amide bonds. The number of fused-ring (bicyclic) bond motifs is 1. The van der Waals surface area contributed by atoms with Gasteiger partial charge in [-0.2, -0.15) is 0 Å². The number of halogens is 1. The number of rotatable bonds is 9. The van der Waals surface area contributed by atoms with Gasteiger partial charge in [-0.1, -0.05) is 18.2 Å². The number of amides is 1. The van der Waals surface area contributed by atoms with Gasteiger partial charge in [0.1, 0.15) is 18.1 Å². The smallest absolute Gasteiger partial charge is 0.264 e. The summed E-state index contributed by atoms with van der Waals surface area (Å²) in [7, 11) is -4.14. The fourth-order valence-electron chi connectivity index (χ4n) is 4.45. The van der Waals surface area contributed by atoms with Crippen LogP contribution in [0.2, 0.25) is 0 Å². The Balaban J connectivity index is 1.57. The van der Waals surface area contributed by atoms with E-state index in [1.54, 1.807) is 24.3 Å². The average Bonchev–Trinajstić information content (AvgIpc) is 2.88. The normalized spacial score (nSPS) is 14.0. The van der Waals surface area contributed by atoms with E-state index in [2.05, 4.69) is 17.4 Å². The van der Waals surface area contributed by atoms with Crippen molar-refractivity contribution in [2.45, 2.75) is 50.5 Å².